The van der Waals surface area contributed by atoms with Crippen LogP contribution in [-0.4, -0.2) is 45.6 Å². The zero-order valence-corrected chi connectivity index (χ0v) is 13.9. The number of furan rings is 1. The number of nitrogens with one attached hydrogen (secondary N) is 1. The summed E-state index contributed by atoms with van der Waals surface area (Å²) in [6.45, 7) is 7.24. The van der Waals surface area contributed by atoms with E-state index in [2.05, 4.69) is 5.32 Å². The van der Waals surface area contributed by atoms with E-state index in [1.807, 2.05) is 6.92 Å². The SMILES string of the molecule is CCC1COCCN1S(=O)(=O)c1c(C)oc(C)c1CNC. The first-order chi connectivity index (χ1) is 9.93. The van der Waals surface area contributed by atoms with Crippen molar-refractivity contribution < 1.29 is 17.6 Å². The average Bonchev–Trinajstić information content (AvgIpc) is 2.74. The van der Waals surface area contributed by atoms with Gasteiger partial charge < -0.3 is 14.5 Å². The highest BCUT2D eigenvalue weighted by Gasteiger charge is 2.37. The Hall–Kier alpha value is -0.890. The summed E-state index contributed by atoms with van der Waals surface area (Å²) in [5.41, 5.74) is 0.719. The topological polar surface area (TPSA) is 71.8 Å². The molecule has 0 aliphatic carbocycles. The van der Waals surface area contributed by atoms with Gasteiger partial charge in [0.05, 0.1) is 13.2 Å². The molecular formula is C14H24N2O4S. The van der Waals surface area contributed by atoms with Gasteiger partial charge in [-0.15, -0.1) is 0 Å². The molecule has 1 aliphatic rings. The lowest BCUT2D eigenvalue weighted by molar-refractivity contribution is 0.0313. The van der Waals surface area contributed by atoms with E-state index in [1.54, 1.807) is 25.2 Å². The summed E-state index contributed by atoms with van der Waals surface area (Å²) in [4.78, 5) is 0.315. The molecule has 120 valence electrons. The van der Waals surface area contributed by atoms with Gasteiger partial charge in [-0.05, 0) is 27.3 Å². The summed E-state index contributed by atoms with van der Waals surface area (Å²) >= 11 is 0. The van der Waals surface area contributed by atoms with Gasteiger partial charge in [-0.25, -0.2) is 8.42 Å². The molecular weight excluding hydrogens is 292 g/mol. The fourth-order valence-corrected chi connectivity index (χ4v) is 4.91. The fraction of sp³-hybridized carbons (Fsp3) is 0.714. The molecule has 0 amide bonds. The Morgan fingerprint density at radius 3 is 2.67 bits per heavy atom. The number of nitrogens with zero attached hydrogens (tertiary/aromatic N) is 1. The third kappa shape index (κ3) is 3.01. The predicted molar refractivity (Wildman–Crippen MR) is 79.7 cm³/mol. The number of sulfonamides is 1. The lowest BCUT2D eigenvalue weighted by Gasteiger charge is -2.34. The van der Waals surface area contributed by atoms with E-state index in [4.69, 9.17) is 9.15 Å². The first-order valence-electron chi connectivity index (χ1n) is 7.26. The maximum absolute atomic E-state index is 13.1. The van der Waals surface area contributed by atoms with Gasteiger partial charge in [-0.3, -0.25) is 0 Å². The van der Waals surface area contributed by atoms with Crippen LogP contribution in [-0.2, 0) is 21.3 Å². The average molecular weight is 316 g/mol. The van der Waals surface area contributed by atoms with Crippen LogP contribution in [0.3, 0.4) is 0 Å². The van der Waals surface area contributed by atoms with Crippen LogP contribution in [0.4, 0.5) is 0 Å². The fourth-order valence-electron chi connectivity index (χ4n) is 2.82. The zero-order chi connectivity index (χ0) is 15.6. The van der Waals surface area contributed by atoms with Gasteiger partial charge in [0.2, 0.25) is 10.0 Å². The summed E-state index contributed by atoms with van der Waals surface area (Å²) in [5.74, 6) is 1.11. The van der Waals surface area contributed by atoms with Crippen molar-refractivity contribution in [1.29, 1.82) is 0 Å². The number of rotatable bonds is 5. The van der Waals surface area contributed by atoms with E-state index >= 15 is 0 Å². The lowest BCUT2D eigenvalue weighted by Crippen LogP contribution is -2.48. The maximum atomic E-state index is 13.1. The Morgan fingerprint density at radius 2 is 2.05 bits per heavy atom. The molecule has 0 saturated carbocycles. The summed E-state index contributed by atoms with van der Waals surface area (Å²) in [5, 5.41) is 3.01. The number of hydrogen-bond donors (Lipinski definition) is 1. The molecule has 0 bridgehead atoms. The van der Waals surface area contributed by atoms with Crippen LogP contribution in [0.15, 0.2) is 9.31 Å². The third-order valence-corrected chi connectivity index (χ3v) is 6.04. The normalized spacial score (nSPS) is 20.9. The van der Waals surface area contributed by atoms with Gasteiger partial charge in [0.25, 0.3) is 0 Å². The highest BCUT2D eigenvalue weighted by molar-refractivity contribution is 7.89. The Balaban J connectivity index is 2.48. The predicted octanol–water partition coefficient (Wildman–Crippen LogP) is 1.42. The van der Waals surface area contributed by atoms with Crippen molar-refractivity contribution in [3.05, 3.63) is 17.1 Å². The lowest BCUT2D eigenvalue weighted by atomic mass is 10.2. The molecule has 1 atom stereocenters. The molecule has 1 unspecified atom stereocenters. The van der Waals surface area contributed by atoms with E-state index < -0.39 is 10.0 Å². The van der Waals surface area contributed by atoms with Crippen molar-refractivity contribution in [2.45, 2.75) is 44.7 Å². The van der Waals surface area contributed by atoms with Crippen molar-refractivity contribution in [2.24, 2.45) is 0 Å². The molecule has 1 N–H and O–H groups in total. The molecule has 1 aliphatic heterocycles. The van der Waals surface area contributed by atoms with Crippen LogP contribution >= 0.6 is 0 Å². The zero-order valence-electron chi connectivity index (χ0n) is 13.1. The molecule has 0 aromatic carbocycles. The molecule has 0 spiro atoms. The summed E-state index contributed by atoms with van der Waals surface area (Å²) < 4.78 is 38.7. The Morgan fingerprint density at radius 1 is 1.33 bits per heavy atom. The minimum atomic E-state index is -3.57. The second kappa shape index (κ2) is 6.48. The number of ether oxygens (including phenoxy) is 1. The van der Waals surface area contributed by atoms with Gasteiger partial charge in [0.15, 0.2) is 0 Å². The van der Waals surface area contributed by atoms with Crippen LogP contribution in [0.5, 0.6) is 0 Å². The second-order valence-corrected chi connectivity index (χ2v) is 7.13. The summed E-state index contributed by atoms with van der Waals surface area (Å²) in [7, 11) is -1.77. The van der Waals surface area contributed by atoms with Gasteiger partial charge in [0.1, 0.15) is 16.4 Å². The van der Waals surface area contributed by atoms with Crippen LogP contribution in [0.1, 0.15) is 30.4 Å². The minimum absolute atomic E-state index is 0.110. The van der Waals surface area contributed by atoms with E-state index in [0.717, 1.165) is 12.0 Å². The highest BCUT2D eigenvalue weighted by Crippen LogP contribution is 2.31. The van der Waals surface area contributed by atoms with Gasteiger partial charge in [0, 0.05) is 24.7 Å². The highest BCUT2D eigenvalue weighted by atomic mass is 32.2. The van der Waals surface area contributed by atoms with Crippen LogP contribution in [0.2, 0.25) is 0 Å². The molecule has 2 rings (SSSR count). The van der Waals surface area contributed by atoms with Crippen molar-refractivity contribution in [1.82, 2.24) is 9.62 Å². The molecule has 2 heterocycles. The molecule has 1 aromatic rings. The van der Waals surface area contributed by atoms with Crippen molar-refractivity contribution in [3.63, 3.8) is 0 Å². The Bertz CT molecular complexity index is 594. The van der Waals surface area contributed by atoms with Crippen molar-refractivity contribution in [3.8, 4) is 0 Å². The summed E-state index contributed by atoms with van der Waals surface area (Å²) in [6.07, 6.45) is 0.733. The smallest absolute Gasteiger partial charge is 0.247 e. The molecule has 1 fully saturated rings. The molecule has 1 aromatic heterocycles. The number of aryl methyl sites for hydroxylation is 2. The second-order valence-electron chi connectivity index (χ2n) is 5.31. The standard InChI is InChI=1S/C14H24N2O4S/c1-5-12-9-19-7-6-16(12)21(17,18)14-11(3)20-10(2)13(14)8-15-4/h12,15H,5-9H2,1-4H3. The Kier molecular flexibility index (Phi) is 5.08. The molecule has 21 heavy (non-hydrogen) atoms. The van der Waals surface area contributed by atoms with E-state index in [0.29, 0.717) is 42.7 Å². The largest absolute Gasteiger partial charge is 0.465 e. The van der Waals surface area contributed by atoms with Crippen LogP contribution in [0, 0.1) is 13.8 Å². The maximum Gasteiger partial charge on any atom is 0.247 e. The van der Waals surface area contributed by atoms with Gasteiger partial charge >= 0.3 is 0 Å². The van der Waals surface area contributed by atoms with Crippen LogP contribution < -0.4 is 5.32 Å². The molecule has 6 nitrogen and oxygen atoms in total. The van der Waals surface area contributed by atoms with E-state index in [-0.39, 0.29) is 6.04 Å². The first-order valence-corrected chi connectivity index (χ1v) is 8.70. The van der Waals surface area contributed by atoms with Crippen molar-refractivity contribution in [2.75, 3.05) is 26.8 Å². The van der Waals surface area contributed by atoms with Crippen molar-refractivity contribution >= 4 is 10.0 Å². The first kappa shape index (κ1) is 16.5. The van der Waals surface area contributed by atoms with Gasteiger partial charge in [-0.2, -0.15) is 4.31 Å². The third-order valence-electron chi connectivity index (χ3n) is 3.89. The number of hydrogen-bond acceptors (Lipinski definition) is 5. The molecule has 0 radical (unpaired) electrons. The molecule has 7 heteroatoms. The monoisotopic (exact) mass is 316 g/mol. The van der Waals surface area contributed by atoms with Crippen LogP contribution in [0.25, 0.3) is 0 Å². The quantitative estimate of drug-likeness (QED) is 0.889. The van der Waals surface area contributed by atoms with E-state index in [9.17, 15) is 8.42 Å². The van der Waals surface area contributed by atoms with Gasteiger partial charge in [-0.1, -0.05) is 6.92 Å². The molecule has 1 saturated heterocycles. The Labute approximate surface area is 126 Å². The minimum Gasteiger partial charge on any atom is -0.465 e. The van der Waals surface area contributed by atoms with E-state index in [1.165, 1.54) is 0 Å². The summed E-state index contributed by atoms with van der Waals surface area (Å²) in [6, 6.07) is -0.110. The number of morpholine rings is 1.